The minimum atomic E-state index is -3.46. The lowest BCUT2D eigenvalue weighted by Gasteiger charge is -2.20. The third kappa shape index (κ3) is 3.29. The van der Waals surface area contributed by atoms with E-state index < -0.39 is 10.0 Å². The fourth-order valence-corrected chi connectivity index (χ4v) is 4.17. The van der Waals surface area contributed by atoms with Crippen LogP contribution in [0.1, 0.15) is 32.1 Å². The van der Waals surface area contributed by atoms with Crippen molar-refractivity contribution in [2.24, 2.45) is 0 Å². The van der Waals surface area contributed by atoms with Crippen LogP contribution in [0.3, 0.4) is 0 Å². The molecule has 1 aromatic heterocycles. The Morgan fingerprint density at radius 2 is 2.12 bits per heavy atom. The monoisotopic (exact) mass is 321 g/mol. The van der Waals surface area contributed by atoms with Crippen molar-refractivity contribution in [2.75, 3.05) is 0 Å². The zero-order chi connectivity index (χ0) is 12.3. The number of hydrogen-bond donors (Lipinski definition) is 2. The Hall–Kier alpha value is -0.400. The van der Waals surface area contributed by atoms with Gasteiger partial charge in [0.1, 0.15) is 0 Å². The van der Waals surface area contributed by atoms with Crippen molar-refractivity contribution in [2.45, 2.75) is 48.0 Å². The molecule has 0 amide bonds. The topological polar surface area (TPSA) is 74.8 Å². The van der Waals surface area contributed by atoms with Crippen LogP contribution in [-0.4, -0.2) is 29.5 Å². The van der Waals surface area contributed by atoms with Gasteiger partial charge in [-0.3, -0.25) is 5.10 Å². The van der Waals surface area contributed by atoms with E-state index in [1.807, 2.05) is 0 Å². The van der Waals surface area contributed by atoms with Crippen molar-refractivity contribution in [3.8, 4) is 0 Å². The molecule has 0 spiro atoms. The fourth-order valence-electron chi connectivity index (χ4n) is 2.05. The van der Waals surface area contributed by atoms with Gasteiger partial charge in [-0.05, 0) is 18.9 Å². The van der Waals surface area contributed by atoms with Crippen molar-refractivity contribution < 1.29 is 8.42 Å². The van der Waals surface area contributed by atoms with Crippen LogP contribution in [0.25, 0.3) is 0 Å². The van der Waals surface area contributed by atoms with Crippen molar-refractivity contribution in [3.05, 3.63) is 12.3 Å². The van der Waals surface area contributed by atoms with Crippen LogP contribution < -0.4 is 4.72 Å². The summed E-state index contributed by atoms with van der Waals surface area (Å²) in [5.74, 6) is 0. The van der Waals surface area contributed by atoms with Gasteiger partial charge in [0.25, 0.3) is 10.0 Å². The first kappa shape index (κ1) is 13.0. The van der Waals surface area contributed by atoms with Gasteiger partial charge >= 0.3 is 0 Å². The number of aromatic amines is 1. The van der Waals surface area contributed by atoms with E-state index in [-0.39, 0.29) is 15.9 Å². The Morgan fingerprint density at radius 1 is 1.35 bits per heavy atom. The Morgan fingerprint density at radius 3 is 2.82 bits per heavy atom. The first-order chi connectivity index (χ1) is 8.09. The zero-order valence-corrected chi connectivity index (χ0v) is 11.8. The number of alkyl halides is 1. The largest absolute Gasteiger partial charge is 0.266 e. The van der Waals surface area contributed by atoms with E-state index in [9.17, 15) is 8.42 Å². The molecule has 17 heavy (non-hydrogen) atoms. The summed E-state index contributed by atoms with van der Waals surface area (Å²) in [7, 11) is -3.46. The first-order valence-corrected chi connectivity index (χ1v) is 8.15. The minimum absolute atomic E-state index is 0.0363. The van der Waals surface area contributed by atoms with Crippen molar-refractivity contribution >= 4 is 26.0 Å². The smallest absolute Gasteiger partial charge is 0.257 e. The van der Waals surface area contributed by atoms with Crippen LogP contribution in [0.2, 0.25) is 0 Å². The number of aromatic nitrogens is 2. The Kier molecular flexibility index (Phi) is 4.22. The number of hydrogen-bond acceptors (Lipinski definition) is 3. The predicted octanol–water partition coefficient (Wildman–Crippen LogP) is 1.78. The SMILES string of the molecule is O=S(=O)(NC1CCCCCC1Br)c1ccn[nH]1. The molecule has 5 nitrogen and oxygen atoms in total. The number of rotatable bonds is 3. The van der Waals surface area contributed by atoms with Gasteiger partial charge in [-0.2, -0.15) is 5.10 Å². The number of sulfonamides is 1. The number of nitrogens with one attached hydrogen (secondary N) is 2. The Labute approximate surface area is 110 Å². The van der Waals surface area contributed by atoms with Crippen LogP contribution in [0.5, 0.6) is 0 Å². The van der Waals surface area contributed by atoms with Gasteiger partial charge in [-0.15, -0.1) is 0 Å². The van der Waals surface area contributed by atoms with Crippen LogP contribution >= 0.6 is 15.9 Å². The van der Waals surface area contributed by atoms with E-state index in [0.29, 0.717) is 0 Å². The van der Waals surface area contributed by atoms with Crippen molar-refractivity contribution in [1.29, 1.82) is 0 Å². The van der Waals surface area contributed by atoms with Gasteiger partial charge in [-0.1, -0.05) is 35.2 Å². The summed E-state index contributed by atoms with van der Waals surface area (Å²) in [6.45, 7) is 0. The summed E-state index contributed by atoms with van der Waals surface area (Å²) >= 11 is 3.57. The molecule has 2 rings (SSSR count). The highest BCUT2D eigenvalue weighted by Gasteiger charge is 2.27. The van der Waals surface area contributed by atoms with Crippen LogP contribution in [0.4, 0.5) is 0 Å². The molecule has 2 atom stereocenters. The summed E-state index contributed by atoms with van der Waals surface area (Å²) in [5, 5.41) is 6.27. The summed E-state index contributed by atoms with van der Waals surface area (Å²) in [4.78, 5) is 0.211. The summed E-state index contributed by atoms with van der Waals surface area (Å²) in [5.41, 5.74) is 0. The summed E-state index contributed by atoms with van der Waals surface area (Å²) in [6, 6.07) is 1.42. The molecule has 1 aromatic rings. The standard InChI is InChI=1S/C10H16BrN3O2S/c11-8-4-2-1-3-5-9(8)14-17(15,16)10-6-7-12-13-10/h6-9,14H,1-5H2,(H,12,13). The lowest BCUT2D eigenvalue weighted by molar-refractivity contribution is 0.518. The number of H-pyrrole nitrogens is 1. The molecule has 2 N–H and O–H groups in total. The molecule has 1 saturated carbocycles. The van der Waals surface area contributed by atoms with Crippen molar-refractivity contribution in [3.63, 3.8) is 0 Å². The molecule has 2 unspecified atom stereocenters. The summed E-state index contributed by atoms with van der Waals surface area (Å²) < 4.78 is 26.8. The number of nitrogens with zero attached hydrogens (tertiary/aromatic N) is 1. The highest BCUT2D eigenvalue weighted by Crippen LogP contribution is 2.24. The maximum Gasteiger partial charge on any atom is 0.257 e. The third-order valence-electron chi connectivity index (χ3n) is 3.00. The van der Waals surface area contributed by atoms with Gasteiger partial charge in [-0.25, -0.2) is 13.1 Å². The molecule has 1 aliphatic carbocycles. The molecule has 7 heteroatoms. The second-order valence-corrected chi connectivity index (χ2v) is 7.16. The minimum Gasteiger partial charge on any atom is -0.266 e. The normalized spacial score (nSPS) is 26.6. The van der Waals surface area contributed by atoms with E-state index in [1.165, 1.54) is 18.7 Å². The molecule has 0 aromatic carbocycles. The first-order valence-electron chi connectivity index (χ1n) is 5.75. The molecule has 1 aliphatic rings. The highest BCUT2D eigenvalue weighted by molar-refractivity contribution is 9.09. The molecule has 96 valence electrons. The second kappa shape index (κ2) is 5.49. The van der Waals surface area contributed by atoms with Crippen molar-refractivity contribution in [1.82, 2.24) is 14.9 Å². The van der Waals surface area contributed by atoms with Gasteiger partial charge in [0.15, 0.2) is 5.03 Å². The average molecular weight is 322 g/mol. The molecule has 1 fully saturated rings. The van der Waals surface area contributed by atoms with Gasteiger partial charge < -0.3 is 0 Å². The lowest BCUT2D eigenvalue weighted by Crippen LogP contribution is -2.40. The van der Waals surface area contributed by atoms with E-state index in [0.717, 1.165) is 25.7 Å². The molecule has 0 aliphatic heterocycles. The lowest BCUT2D eigenvalue weighted by atomic mass is 10.1. The molecule has 0 saturated heterocycles. The molecular weight excluding hydrogens is 306 g/mol. The summed E-state index contributed by atoms with van der Waals surface area (Å²) in [6.07, 6.45) is 6.72. The molecule has 0 bridgehead atoms. The molecule has 1 heterocycles. The fraction of sp³-hybridized carbons (Fsp3) is 0.700. The molecular formula is C10H16BrN3O2S. The van der Waals surface area contributed by atoms with Gasteiger partial charge in [0, 0.05) is 10.9 Å². The Bertz CT molecular complexity index is 446. The third-order valence-corrected chi connectivity index (χ3v) is 5.52. The van der Waals surface area contributed by atoms with Crippen LogP contribution in [-0.2, 0) is 10.0 Å². The second-order valence-electron chi connectivity index (χ2n) is 4.30. The average Bonchev–Trinajstić information content (AvgIpc) is 2.74. The zero-order valence-electron chi connectivity index (χ0n) is 9.39. The Balaban J connectivity index is 2.09. The van der Waals surface area contributed by atoms with Crippen LogP contribution in [0.15, 0.2) is 17.3 Å². The maximum atomic E-state index is 12.0. The number of halogens is 1. The van der Waals surface area contributed by atoms with E-state index in [4.69, 9.17) is 0 Å². The maximum absolute atomic E-state index is 12.0. The molecule has 0 radical (unpaired) electrons. The van der Waals surface area contributed by atoms with E-state index in [2.05, 4.69) is 30.8 Å². The predicted molar refractivity (Wildman–Crippen MR) is 68.5 cm³/mol. The van der Waals surface area contributed by atoms with E-state index in [1.54, 1.807) is 0 Å². The van der Waals surface area contributed by atoms with E-state index >= 15 is 0 Å². The van der Waals surface area contributed by atoms with Crippen LogP contribution in [0, 0.1) is 0 Å². The quantitative estimate of drug-likeness (QED) is 0.658. The van der Waals surface area contributed by atoms with Gasteiger partial charge in [0.2, 0.25) is 0 Å². The van der Waals surface area contributed by atoms with Gasteiger partial charge in [0.05, 0.1) is 6.20 Å². The highest BCUT2D eigenvalue weighted by atomic mass is 79.9.